The van der Waals surface area contributed by atoms with Crippen LogP contribution < -0.4 is 10.1 Å². The van der Waals surface area contributed by atoms with Gasteiger partial charge in [0.05, 0.1) is 23.6 Å². The quantitative estimate of drug-likeness (QED) is 0.284. The molecule has 2 aromatic carbocycles. The minimum absolute atomic E-state index is 0.00460. The van der Waals surface area contributed by atoms with E-state index in [4.69, 9.17) is 16.3 Å². The van der Waals surface area contributed by atoms with Crippen molar-refractivity contribution in [3.05, 3.63) is 65.4 Å². The Labute approximate surface area is 201 Å². The number of H-pyrrole nitrogens is 1. The summed E-state index contributed by atoms with van der Waals surface area (Å²) in [4.78, 5) is 16.6. The lowest BCUT2D eigenvalue weighted by Crippen LogP contribution is -2.42. The Balaban J connectivity index is 1.69. The van der Waals surface area contributed by atoms with Gasteiger partial charge in [-0.2, -0.15) is 9.40 Å². The van der Waals surface area contributed by atoms with Crippen molar-refractivity contribution in [3.8, 4) is 5.75 Å². The SMILES string of the molecule is COc1ccc(S(=O)(=O)N(CCc2ccccc2)CC(=O)NCCSc2ncn[nH]2)cc1Cl. The van der Waals surface area contributed by atoms with Gasteiger partial charge in [-0.25, -0.2) is 13.4 Å². The normalized spacial score (nSPS) is 11.5. The molecule has 0 aliphatic heterocycles. The second kappa shape index (κ2) is 12.0. The van der Waals surface area contributed by atoms with Crippen molar-refractivity contribution >= 4 is 39.3 Å². The second-order valence-electron chi connectivity index (χ2n) is 6.86. The monoisotopic (exact) mass is 509 g/mol. The number of aromatic amines is 1. The summed E-state index contributed by atoms with van der Waals surface area (Å²) in [6, 6.07) is 13.7. The Morgan fingerprint density at radius 1 is 1.24 bits per heavy atom. The second-order valence-corrected chi connectivity index (χ2v) is 10.3. The minimum Gasteiger partial charge on any atom is -0.495 e. The first-order valence-electron chi connectivity index (χ1n) is 10.0. The van der Waals surface area contributed by atoms with Gasteiger partial charge in [0.1, 0.15) is 12.1 Å². The Hall–Kier alpha value is -2.60. The number of thioether (sulfide) groups is 1. The lowest BCUT2D eigenvalue weighted by molar-refractivity contribution is -0.121. The van der Waals surface area contributed by atoms with Crippen molar-refractivity contribution in [3.63, 3.8) is 0 Å². The molecule has 3 aromatic rings. The summed E-state index contributed by atoms with van der Waals surface area (Å²) in [5.74, 6) is 0.532. The topological polar surface area (TPSA) is 117 Å². The number of carbonyl (C=O) groups excluding carboxylic acids is 1. The Morgan fingerprint density at radius 3 is 2.70 bits per heavy atom. The van der Waals surface area contributed by atoms with E-state index >= 15 is 0 Å². The molecular weight excluding hydrogens is 486 g/mol. The molecule has 0 unspecified atom stereocenters. The molecule has 0 bridgehead atoms. The molecular formula is C21H24ClN5O4S2. The molecule has 9 nitrogen and oxygen atoms in total. The number of hydrogen-bond donors (Lipinski definition) is 2. The predicted molar refractivity (Wildman–Crippen MR) is 127 cm³/mol. The smallest absolute Gasteiger partial charge is 0.243 e. The number of aromatic nitrogens is 3. The zero-order chi connectivity index (χ0) is 23.7. The summed E-state index contributed by atoms with van der Waals surface area (Å²) in [5, 5.41) is 10.1. The van der Waals surface area contributed by atoms with Crippen molar-refractivity contribution in [2.75, 3.05) is 32.5 Å². The molecule has 0 radical (unpaired) electrons. The van der Waals surface area contributed by atoms with Crippen LogP contribution in [0, 0.1) is 0 Å². The maximum Gasteiger partial charge on any atom is 0.243 e. The van der Waals surface area contributed by atoms with E-state index < -0.39 is 15.9 Å². The molecule has 0 aliphatic carbocycles. The lowest BCUT2D eigenvalue weighted by Gasteiger charge is -2.22. The number of nitrogens with one attached hydrogen (secondary N) is 2. The highest BCUT2D eigenvalue weighted by Gasteiger charge is 2.27. The van der Waals surface area contributed by atoms with E-state index in [9.17, 15) is 13.2 Å². The van der Waals surface area contributed by atoms with Crippen LogP contribution in [0.1, 0.15) is 5.56 Å². The van der Waals surface area contributed by atoms with Gasteiger partial charge >= 0.3 is 0 Å². The third-order valence-electron chi connectivity index (χ3n) is 4.63. The van der Waals surface area contributed by atoms with Gasteiger partial charge in [-0.3, -0.25) is 9.89 Å². The van der Waals surface area contributed by atoms with Crippen molar-refractivity contribution in [2.24, 2.45) is 0 Å². The van der Waals surface area contributed by atoms with Gasteiger partial charge in [0.25, 0.3) is 0 Å². The molecule has 1 amide bonds. The predicted octanol–water partition coefficient (Wildman–Crippen LogP) is 2.61. The van der Waals surface area contributed by atoms with Crippen LogP contribution in [0.4, 0.5) is 0 Å². The highest BCUT2D eigenvalue weighted by Crippen LogP contribution is 2.28. The third kappa shape index (κ3) is 7.19. The number of methoxy groups -OCH3 is 1. The van der Waals surface area contributed by atoms with Crippen molar-refractivity contribution in [1.82, 2.24) is 24.8 Å². The molecule has 0 spiro atoms. The van der Waals surface area contributed by atoms with E-state index in [-0.39, 0.29) is 23.0 Å². The van der Waals surface area contributed by atoms with Gasteiger partial charge in [-0.1, -0.05) is 53.7 Å². The summed E-state index contributed by atoms with van der Waals surface area (Å²) in [5.41, 5.74) is 0.967. The molecule has 176 valence electrons. The first kappa shape index (κ1) is 25.0. The molecule has 0 atom stereocenters. The molecule has 1 aromatic heterocycles. The van der Waals surface area contributed by atoms with Crippen LogP contribution in [0.3, 0.4) is 0 Å². The van der Waals surface area contributed by atoms with E-state index in [2.05, 4.69) is 20.5 Å². The number of sulfonamides is 1. The van der Waals surface area contributed by atoms with Crippen LogP contribution in [0.15, 0.2) is 64.9 Å². The van der Waals surface area contributed by atoms with Crippen molar-refractivity contribution in [1.29, 1.82) is 0 Å². The van der Waals surface area contributed by atoms with Crippen LogP contribution in [0.2, 0.25) is 5.02 Å². The summed E-state index contributed by atoms with van der Waals surface area (Å²) >= 11 is 7.54. The standard InChI is InChI=1S/C21H24ClN5O4S2/c1-31-19-8-7-17(13-18(19)22)33(29,30)27(11-9-16-5-3-2-4-6-16)14-20(28)23-10-12-32-21-24-15-25-26-21/h2-8,13,15H,9-12,14H2,1H3,(H,23,28)(H,24,25,26). The highest BCUT2D eigenvalue weighted by atomic mass is 35.5. The largest absolute Gasteiger partial charge is 0.495 e. The number of nitrogens with zero attached hydrogens (tertiary/aromatic N) is 3. The fraction of sp³-hybridized carbons (Fsp3) is 0.286. The number of halogens is 1. The molecule has 3 rings (SSSR count). The number of benzene rings is 2. The number of hydrogen-bond acceptors (Lipinski definition) is 7. The molecule has 1 heterocycles. The number of rotatable bonds is 12. The first-order chi connectivity index (χ1) is 15.9. The molecule has 0 aliphatic rings. The van der Waals surface area contributed by atoms with Crippen LogP contribution in [0.25, 0.3) is 0 Å². The average Bonchev–Trinajstić information content (AvgIpc) is 3.33. The van der Waals surface area contributed by atoms with E-state index in [0.717, 1.165) is 9.87 Å². The molecule has 0 fully saturated rings. The Kier molecular flexibility index (Phi) is 9.12. The molecule has 2 N–H and O–H groups in total. The van der Waals surface area contributed by atoms with Gasteiger partial charge < -0.3 is 10.1 Å². The average molecular weight is 510 g/mol. The van der Waals surface area contributed by atoms with Gasteiger partial charge in [-0.05, 0) is 30.2 Å². The Morgan fingerprint density at radius 2 is 2.03 bits per heavy atom. The van der Waals surface area contributed by atoms with E-state index in [1.807, 2.05) is 30.3 Å². The molecule has 12 heteroatoms. The third-order valence-corrected chi connectivity index (χ3v) is 7.64. The zero-order valence-corrected chi connectivity index (χ0v) is 20.3. The van der Waals surface area contributed by atoms with Crippen molar-refractivity contribution in [2.45, 2.75) is 16.5 Å². The van der Waals surface area contributed by atoms with Crippen LogP contribution in [0.5, 0.6) is 5.75 Å². The van der Waals surface area contributed by atoms with Gasteiger partial charge in [0.15, 0.2) is 5.16 Å². The van der Waals surface area contributed by atoms with Crippen LogP contribution in [-0.4, -0.2) is 66.3 Å². The number of carbonyl (C=O) groups is 1. The number of ether oxygens (including phenoxy) is 1. The molecule has 0 saturated carbocycles. The Bertz CT molecular complexity index is 1140. The molecule has 33 heavy (non-hydrogen) atoms. The van der Waals surface area contributed by atoms with Crippen LogP contribution in [-0.2, 0) is 21.2 Å². The zero-order valence-electron chi connectivity index (χ0n) is 17.9. The fourth-order valence-electron chi connectivity index (χ4n) is 2.96. The maximum atomic E-state index is 13.3. The molecule has 0 saturated heterocycles. The van der Waals surface area contributed by atoms with E-state index in [1.165, 1.54) is 43.4 Å². The first-order valence-corrected chi connectivity index (χ1v) is 12.8. The lowest BCUT2D eigenvalue weighted by atomic mass is 10.1. The summed E-state index contributed by atoms with van der Waals surface area (Å²) in [6.07, 6.45) is 1.86. The van der Waals surface area contributed by atoms with Crippen LogP contribution >= 0.6 is 23.4 Å². The van der Waals surface area contributed by atoms with Gasteiger partial charge in [0, 0.05) is 18.8 Å². The van der Waals surface area contributed by atoms with Gasteiger partial charge in [0.2, 0.25) is 15.9 Å². The summed E-state index contributed by atoms with van der Waals surface area (Å²) < 4.78 is 33.0. The highest BCUT2D eigenvalue weighted by molar-refractivity contribution is 7.99. The summed E-state index contributed by atoms with van der Waals surface area (Å²) in [7, 11) is -2.52. The number of amides is 1. The van der Waals surface area contributed by atoms with E-state index in [0.29, 0.717) is 29.6 Å². The summed E-state index contributed by atoms with van der Waals surface area (Å²) in [6.45, 7) is 0.174. The van der Waals surface area contributed by atoms with E-state index in [1.54, 1.807) is 0 Å². The fourth-order valence-corrected chi connectivity index (χ4v) is 5.34. The van der Waals surface area contributed by atoms with Crippen molar-refractivity contribution < 1.29 is 17.9 Å². The van der Waals surface area contributed by atoms with Gasteiger partial charge in [-0.15, -0.1) is 0 Å². The minimum atomic E-state index is -3.98. The maximum absolute atomic E-state index is 13.3.